The van der Waals surface area contributed by atoms with Crippen LogP contribution >= 0.6 is 0 Å². The summed E-state index contributed by atoms with van der Waals surface area (Å²) in [6, 6.07) is 10.9. The molecule has 7 nitrogen and oxygen atoms in total. The van der Waals surface area contributed by atoms with E-state index in [1.54, 1.807) is 41.0 Å². The minimum Gasteiger partial charge on any atom is -0.479 e. The molecule has 1 aromatic heterocycles. The molecule has 2 aromatic rings. The predicted molar refractivity (Wildman–Crippen MR) is 116 cm³/mol. The highest BCUT2D eigenvalue weighted by atomic mass is 16.4. The summed E-state index contributed by atoms with van der Waals surface area (Å²) in [6.07, 6.45) is 6.55. The van der Waals surface area contributed by atoms with Crippen LogP contribution in [0.2, 0.25) is 0 Å². The number of rotatable bonds is 7. The van der Waals surface area contributed by atoms with Crippen LogP contribution < -0.4 is 10.9 Å². The molecule has 7 heteroatoms. The summed E-state index contributed by atoms with van der Waals surface area (Å²) in [7, 11) is 0. The Kier molecular flexibility index (Phi) is 7.60. The van der Waals surface area contributed by atoms with E-state index >= 15 is 0 Å². The zero-order valence-corrected chi connectivity index (χ0v) is 17.5. The van der Waals surface area contributed by atoms with Gasteiger partial charge in [0.15, 0.2) is 6.04 Å². The van der Waals surface area contributed by atoms with Gasteiger partial charge in [0.1, 0.15) is 5.56 Å². The first kappa shape index (κ1) is 22.3. The third-order valence-electron chi connectivity index (χ3n) is 5.67. The van der Waals surface area contributed by atoms with E-state index in [0.29, 0.717) is 24.9 Å². The second-order valence-electron chi connectivity index (χ2n) is 7.82. The monoisotopic (exact) mass is 421 g/mol. The first-order valence-electron chi connectivity index (χ1n) is 10.7. The fourth-order valence-electron chi connectivity index (χ4n) is 4.09. The van der Waals surface area contributed by atoms with Gasteiger partial charge < -0.3 is 15.0 Å². The first-order chi connectivity index (χ1) is 15.0. The Labute approximate surface area is 181 Å². The summed E-state index contributed by atoms with van der Waals surface area (Å²) >= 11 is 0. The lowest BCUT2D eigenvalue weighted by atomic mass is 9.95. The average molecular weight is 421 g/mol. The van der Waals surface area contributed by atoms with Crippen LogP contribution in [0.4, 0.5) is 0 Å². The van der Waals surface area contributed by atoms with Gasteiger partial charge in [0.05, 0.1) is 6.07 Å². The maximum atomic E-state index is 13.2. The number of nitrogens with zero attached hydrogens (tertiary/aromatic N) is 2. The number of carbonyl (C=O) groups is 2. The Balaban J connectivity index is 1.99. The summed E-state index contributed by atoms with van der Waals surface area (Å²) in [5.74, 6) is -1.89. The summed E-state index contributed by atoms with van der Waals surface area (Å²) in [6.45, 7) is 0.372. The largest absolute Gasteiger partial charge is 0.479 e. The van der Waals surface area contributed by atoms with Crippen LogP contribution in [0.25, 0.3) is 0 Å². The molecule has 2 N–H and O–H groups in total. The fourth-order valence-corrected chi connectivity index (χ4v) is 4.09. The molecular formula is C24H27N3O4. The van der Waals surface area contributed by atoms with Crippen LogP contribution in [-0.2, 0) is 24.2 Å². The van der Waals surface area contributed by atoms with Crippen LogP contribution in [0.15, 0.2) is 41.2 Å². The third-order valence-corrected chi connectivity index (χ3v) is 5.67. The molecule has 3 rings (SSSR count). The van der Waals surface area contributed by atoms with E-state index in [9.17, 15) is 19.5 Å². The molecule has 1 amide bonds. The van der Waals surface area contributed by atoms with Crippen molar-refractivity contribution in [1.29, 1.82) is 5.26 Å². The summed E-state index contributed by atoms with van der Waals surface area (Å²) < 4.78 is 1.63. The number of pyridine rings is 1. The Bertz CT molecular complexity index is 1040. The Hall–Kier alpha value is -3.40. The van der Waals surface area contributed by atoms with Crippen molar-refractivity contribution in [3.05, 3.63) is 69.1 Å². The van der Waals surface area contributed by atoms with Gasteiger partial charge in [-0.25, -0.2) is 4.79 Å². The van der Waals surface area contributed by atoms with E-state index < -0.39 is 23.5 Å². The zero-order valence-electron chi connectivity index (χ0n) is 17.5. The highest BCUT2D eigenvalue weighted by molar-refractivity contribution is 5.96. The van der Waals surface area contributed by atoms with Crippen LogP contribution in [0.3, 0.4) is 0 Å². The molecule has 162 valence electrons. The lowest BCUT2D eigenvalue weighted by Crippen LogP contribution is -2.39. The lowest BCUT2D eigenvalue weighted by molar-refractivity contribution is -0.139. The Morgan fingerprint density at radius 3 is 2.52 bits per heavy atom. The highest BCUT2D eigenvalue weighted by Gasteiger charge is 2.26. The number of hydrogen-bond donors (Lipinski definition) is 2. The number of carboxylic acid groups (broad SMARTS) is 1. The SMILES string of the molecule is N#CCCCn1c2c(cc(C(=O)NC(C(=O)O)c3ccccc3)c1=O)CCCCCC2. The van der Waals surface area contributed by atoms with Gasteiger partial charge in [-0.2, -0.15) is 5.26 Å². The van der Waals surface area contributed by atoms with Crippen LogP contribution in [-0.4, -0.2) is 21.6 Å². The second-order valence-corrected chi connectivity index (χ2v) is 7.82. The maximum absolute atomic E-state index is 13.2. The molecule has 1 aliphatic carbocycles. The van der Waals surface area contributed by atoms with Gasteiger partial charge in [-0.1, -0.05) is 43.2 Å². The average Bonchev–Trinajstić information content (AvgIpc) is 2.74. The van der Waals surface area contributed by atoms with Crippen molar-refractivity contribution < 1.29 is 14.7 Å². The molecule has 0 fully saturated rings. The molecule has 1 atom stereocenters. The number of aliphatic carboxylic acids is 1. The first-order valence-corrected chi connectivity index (χ1v) is 10.7. The molecule has 1 aromatic carbocycles. The van der Waals surface area contributed by atoms with Crippen molar-refractivity contribution in [3.8, 4) is 6.07 Å². The highest BCUT2D eigenvalue weighted by Crippen LogP contribution is 2.21. The summed E-state index contributed by atoms with van der Waals surface area (Å²) in [4.78, 5) is 38.1. The predicted octanol–water partition coefficient (Wildman–Crippen LogP) is 3.37. The number of carbonyl (C=O) groups excluding carboxylic acids is 1. The number of hydrogen-bond acceptors (Lipinski definition) is 4. The maximum Gasteiger partial charge on any atom is 0.330 e. The quantitative estimate of drug-likeness (QED) is 0.666. The summed E-state index contributed by atoms with van der Waals surface area (Å²) in [5.41, 5.74) is 1.87. The van der Waals surface area contributed by atoms with Crippen molar-refractivity contribution in [2.75, 3.05) is 0 Å². The molecule has 0 saturated carbocycles. The minimum absolute atomic E-state index is 0.0431. The molecule has 1 unspecified atom stereocenters. The molecule has 0 aliphatic heterocycles. The van der Waals surface area contributed by atoms with Crippen LogP contribution in [0.1, 0.15) is 71.7 Å². The third kappa shape index (κ3) is 5.40. The second kappa shape index (κ2) is 10.6. The van der Waals surface area contributed by atoms with Crippen molar-refractivity contribution in [2.24, 2.45) is 0 Å². The van der Waals surface area contributed by atoms with Gasteiger partial charge in [0.25, 0.3) is 11.5 Å². The van der Waals surface area contributed by atoms with Gasteiger partial charge in [-0.15, -0.1) is 0 Å². The number of fused-ring (bicyclic) bond motifs is 1. The minimum atomic E-state index is -1.25. The topological polar surface area (TPSA) is 112 Å². The zero-order chi connectivity index (χ0) is 22.2. The number of carboxylic acids is 1. The molecule has 31 heavy (non-hydrogen) atoms. The molecule has 0 spiro atoms. The number of amides is 1. The smallest absolute Gasteiger partial charge is 0.330 e. The van der Waals surface area contributed by atoms with E-state index in [4.69, 9.17) is 5.26 Å². The summed E-state index contributed by atoms with van der Waals surface area (Å²) in [5, 5.41) is 21.0. The van der Waals surface area contributed by atoms with Crippen molar-refractivity contribution in [3.63, 3.8) is 0 Å². The van der Waals surface area contributed by atoms with E-state index in [1.165, 1.54) is 0 Å². The van der Waals surface area contributed by atoms with E-state index in [1.807, 2.05) is 0 Å². The molecule has 1 heterocycles. The van der Waals surface area contributed by atoms with E-state index in [0.717, 1.165) is 49.8 Å². The number of nitrogens with one attached hydrogen (secondary N) is 1. The Morgan fingerprint density at radius 2 is 1.84 bits per heavy atom. The van der Waals surface area contributed by atoms with Crippen molar-refractivity contribution >= 4 is 11.9 Å². The normalized spacial score (nSPS) is 14.4. The van der Waals surface area contributed by atoms with E-state index in [-0.39, 0.29) is 5.56 Å². The fraction of sp³-hybridized carbons (Fsp3) is 0.417. The van der Waals surface area contributed by atoms with E-state index in [2.05, 4.69) is 11.4 Å². The van der Waals surface area contributed by atoms with Gasteiger partial charge in [-0.3, -0.25) is 9.59 Å². The number of unbranched alkanes of at least 4 members (excludes halogenated alkanes) is 1. The van der Waals surface area contributed by atoms with Crippen LogP contribution in [0, 0.1) is 11.3 Å². The molecule has 0 bridgehead atoms. The number of benzene rings is 1. The van der Waals surface area contributed by atoms with Crippen molar-refractivity contribution in [1.82, 2.24) is 9.88 Å². The van der Waals surface area contributed by atoms with Gasteiger partial charge >= 0.3 is 5.97 Å². The Morgan fingerprint density at radius 1 is 1.13 bits per heavy atom. The number of nitriles is 1. The number of aromatic nitrogens is 1. The molecule has 1 aliphatic rings. The van der Waals surface area contributed by atoms with Gasteiger partial charge in [0.2, 0.25) is 0 Å². The van der Waals surface area contributed by atoms with Gasteiger partial charge in [0, 0.05) is 18.7 Å². The standard InChI is InChI=1S/C24H27N3O4/c25-14-8-9-15-27-20-13-7-2-1-4-12-18(20)16-19(23(27)29)22(28)26-21(24(30)31)17-10-5-3-6-11-17/h3,5-6,10-11,16,21H,1-2,4,7-9,12-13,15H2,(H,26,28)(H,30,31). The molecular weight excluding hydrogens is 394 g/mol. The lowest BCUT2D eigenvalue weighted by Gasteiger charge is -2.21. The van der Waals surface area contributed by atoms with Crippen molar-refractivity contribution in [2.45, 2.75) is 64.0 Å². The van der Waals surface area contributed by atoms with Gasteiger partial charge in [-0.05, 0) is 49.3 Å². The molecule has 0 radical (unpaired) electrons. The van der Waals surface area contributed by atoms with Crippen LogP contribution in [0.5, 0.6) is 0 Å². The molecule has 0 saturated heterocycles. The number of aryl methyl sites for hydroxylation is 1.